The molecule has 2 aliphatic heterocycles. The minimum Gasteiger partial charge on any atom is -0.343 e. The van der Waals surface area contributed by atoms with Gasteiger partial charge in [-0.3, -0.25) is 9.69 Å². The van der Waals surface area contributed by atoms with E-state index in [-0.39, 0.29) is 10.8 Å². The van der Waals surface area contributed by atoms with Gasteiger partial charge in [0.05, 0.1) is 11.4 Å². The molecule has 3 heterocycles. The van der Waals surface area contributed by atoms with Crippen molar-refractivity contribution in [2.75, 3.05) is 39.3 Å². The first-order valence-electron chi connectivity index (χ1n) is 11.4. The largest absolute Gasteiger partial charge is 0.343 e. The van der Waals surface area contributed by atoms with Crippen molar-refractivity contribution >= 4 is 27.5 Å². The Hall–Kier alpha value is -2.01. The Kier molecular flexibility index (Phi) is 7.68. The standard InChI is InChI=1S/C22H30ClN5O4S/c1-17-8-10-27(11-9-17)22(29)7-6-21-24-20(25-32-21)16-26-12-14-28(15-13-26)33(30,31)19-4-2-18(23)3-5-19/h2-5,17H,6-16H2,1H3. The van der Waals surface area contributed by atoms with Crippen LogP contribution in [-0.4, -0.2) is 77.8 Å². The van der Waals surface area contributed by atoms with Crippen molar-refractivity contribution in [1.82, 2.24) is 24.2 Å². The van der Waals surface area contributed by atoms with Crippen molar-refractivity contribution in [1.29, 1.82) is 0 Å². The van der Waals surface area contributed by atoms with E-state index in [1.165, 1.54) is 16.4 Å². The van der Waals surface area contributed by atoms with Crippen LogP contribution >= 0.6 is 11.6 Å². The average molecular weight is 496 g/mol. The Labute approximate surface area is 199 Å². The van der Waals surface area contributed by atoms with Gasteiger partial charge in [0.25, 0.3) is 0 Å². The lowest BCUT2D eigenvalue weighted by Gasteiger charge is -2.33. The van der Waals surface area contributed by atoms with Crippen LogP contribution in [0.4, 0.5) is 0 Å². The van der Waals surface area contributed by atoms with Crippen LogP contribution in [0.2, 0.25) is 5.02 Å². The van der Waals surface area contributed by atoms with Gasteiger partial charge in [0, 0.05) is 57.1 Å². The number of aromatic nitrogens is 2. The number of piperazine rings is 1. The number of benzene rings is 1. The van der Waals surface area contributed by atoms with Gasteiger partial charge in [0.1, 0.15) is 0 Å². The van der Waals surface area contributed by atoms with Gasteiger partial charge in [-0.25, -0.2) is 8.42 Å². The van der Waals surface area contributed by atoms with Crippen LogP contribution in [-0.2, 0) is 27.8 Å². The molecule has 0 spiro atoms. The molecule has 1 aromatic carbocycles. The van der Waals surface area contributed by atoms with Crippen molar-refractivity contribution in [3.63, 3.8) is 0 Å². The Balaban J connectivity index is 1.23. The maximum atomic E-state index is 12.8. The summed E-state index contributed by atoms with van der Waals surface area (Å²) in [5.74, 6) is 1.84. The van der Waals surface area contributed by atoms with E-state index in [4.69, 9.17) is 16.1 Å². The molecule has 0 atom stereocenters. The Morgan fingerprint density at radius 3 is 2.42 bits per heavy atom. The van der Waals surface area contributed by atoms with Gasteiger partial charge >= 0.3 is 0 Å². The second-order valence-corrected chi connectivity index (χ2v) is 11.2. The summed E-state index contributed by atoms with van der Waals surface area (Å²) in [6.07, 6.45) is 2.93. The molecule has 4 rings (SSSR count). The van der Waals surface area contributed by atoms with E-state index in [0.717, 1.165) is 25.9 Å². The normalized spacial score (nSPS) is 19.2. The fourth-order valence-corrected chi connectivity index (χ4v) is 5.72. The van der Waals surface area contributed by atoms with Gasteiger partial charge in [-0.15, -0.1) is 0 Å². The zero-order chi connectivity index (χ0) is 23.4. The predicted octanol–water partition coefficient (Wildman–Crippen LogP) is 2.42. The highest BCUT2D eigenvalue weighted by Crippen LogP contribution is 2.21. The molecule has 0 unspecified atom stereocenters. The third-order valence-electron chi connectivity index (χ3n) is 6.35. The Bertz CT molecular complexity index is 1040. The topological polar surface area (TPSA) is 99.9 Å². The third-order valence-corrected chi connectivity index (χ3v) is 8.51. The minimum atomic E-state index is -3.54. The van der Waals surface area contributed by atoms with Crippen LogP contribution in [0.5, 0.6) is 0 Å². The summed E-state index contributed by atoms with van der Waals surface area (Å²) in [6, 6.07) is 6.22. The SMILES string of the molecule is CC1CCN(C(=O)CCc2nc(CN3CCN(S(=O)(=O)c4ccc(Cl)cc4)CC3)no2)CC1. The van der Waals surface area contributed by atoms with E-state index < -0.39 is 10.0 Å². The van der Waals surface area contributed by atoms with Crippen molar-refractivity contribution in [3.8, 4) is 0 Å². The van der Waals surface area contributed by atoms with Crippen molar-refractivity contribution < 1.29 is 17.7 Å². The van der Waals surface area contributed by atoms with Crippen molar-refractivity contribution in [2.24, 2.45) is 5.92 Å². The second-order valence-electron chi connectivity index (χ2n) is 8.80. The molecule has 2 saturated heterocycles. The van der Waals surface area contributed by atoms with Crippen LogP contribution in [0.3, 0.4) is 0 Å². The first-order chi connectivity index (χ1) is 15.8. The minimum absolute atomic E-state index is 0.139. The fourth-order valence-electron chi connectivity index (χ4n) is 4.17. The van der Waals surface area contributed by atoms with Crippen LogP contribution in [0.1, 0.15) is 37.9 Å². The molecular weight excluding hydrogens is 466 g/mol. The van der Waals surface area contributed by atoms with E-state index in [1.54, 1.807) is 12.1 Å². The quantitative estimate of drug-likeness (QED) is 0.581. The molecule has 180 valence electrons. The molecule has 1 aromatic heterocycles. The average Bonchev–Trinajstić information content (AvgIpc) is 3.26. The molecule has 2 fully saturated rings. The van der Waals surface area contributed by atoms with Crippen molar-refractivity contribution in [3.05, 3.63) is 41.0 Å². The van der Waals surface area contributed by atoms with Gasteiger partial charge in [0.2, 0.25) is 21.8 Å². The van der Waals surface area contributed by atoms with E-state index >= 15 is 0 Å². The number of rotatable bonds is 7. The Morgan fingerprint density at radius 2 is 1.76 bits per heavy atom. The molecule has 33 heavy (non-hydrogen) atoms. The number of piperidine rings is 1. The lowest BCUT2D eigenvalue weighted by Crippen LogP contribution is -2.48. The third kappa shape index (κ3) is 6.11. The highest BCUT2D eigenvalue weighted by Gasteiger charge is 2.29. The highest BCUT2D eigenvalue weighted by atomic mass is 35.5. The number of carbonyl (C=O) groups excluding carboxylic acids is 1. The van der Waals surface area contributed by atoms with Gasteiger partial charge in [-0.05, 0) is 43.0 Å². The van der Waals surface area contributed by atoms with Crippen LogP contribution in [0, 0.1) is 5.92 Å². The molecule has 1 amide bonds. The maximum absolute atomic E-state index is 12.8. The fraction of sp³-hybridized carbons (Fsp3) is 0.591. The summed E-state index contributed by atoms with van der Waals surface area (Å²) in [5, 5.41) is 4.54. The van der Waals surface area contributed by atoms with E-state index in [9.17, 15) is 13.2 Å². The zero-order valence-corrected chi connectivity index (χ0v) is 20.4. The molecule has 2 aromatic rings. The smallest absolute Gasteiger partial charge is 0.243 e. The predicted molar refractivity (Wildman–Crippen MR) is 123 cm³/mol. The summed E-state index contributed by atoms with van der Waals surface area (Å²) >= 11 is 5.87. The molecule has 2 aliphatic rings. The summed E-state index contributed by atoms with van der Waals surface area (Å²) < 4.78 is 32.5. The number of nitrogens with zero attached hydrogens (tertiary/aromatic N) is 5. The van der Waals surface area contributed by atoms with Crippen molar-refractivity contribution in [2.45, 2.75) is 44.0 Å². The molecule has 0 bridgehead atoms. The number of hydrogen-bond acceptors (Lipinski definition) is 7. The van der Waals surface area contributed by atoms with Crippen LogP contribution in [0.15, 0.2) is 33.7 Å². The number of halogens is 1. The Morgan fingerprint density at radius 1 is 1.09 bits per heavy atom. The lowest BCUT2D eigenvalue weighted by atomic mass is 9.99. The highest BCUT2D eigenvalue weighted by molar-refractivity contribution is 7.89. The summed E-state index contributed by atoms with van der Waals surface area (Å²) in [4.78, 5) is 21.1. The van der Waals surface area contributed by atoms with Gasteiger partial charge in [-0.2, -0.15) is 9.29 Å². The molecule has 0 saturated carbocycles. The van der Waals surface area contributed by atoms with Crippen LogP contribution < -0.4 is 0 Å². The zero-order valence-electron chi connectivity index (χ0n) is 18.8. The summed E-state index contributed by atoms with van der Waals surface area (Å²) in [7, 11) is -3.54. The maximum Gasteiger partial charge on any atom is 0.243 e. The van der Waals surface area contributed by atoms with Gasteiger partial charge in [0.15, 0.2) is 5.82 Å². The lowest BCUT2D eigenvalue weighted by molar-refractivity contribution is -0.132. The number of hydrogen-bond donors (Lipinski definition) is 0. The first kappa shape index (κ1) is 24.1. The molecule has 9 nitrogen and oxygen atoms in total. The molecule has 0 N–H and O–H groups in total. The number of likely N-dealkylation sites (tertiary alicyclic amines) is 1. The van der Waals surface area contributed by atoms with E-state index in [0.29, 0.717) is 68.2 Å². The second kappa shape index (κ2) is 10.5. The summed E-state index contributed by atoms with van der Waals surface area (Å²) in [6.45, 7) is 6.28. The van der Waals surface area contributed by atoms with Gasteiger partial charge in [-0.1, -0.05) is 23.7 Å². The first-order valence-corrected chi connectivity index (χ1v) is 13.2. The molecular formula is C22H30ClN5O4S. The number of amides is 1. The number of aryl methyl sites for hydroxylation is 1. The van der Waals surface area contributed by atoms with Gasteiger partial charge < -0.3 is 9.42 Å². The van der Waals surface area contributed by atoms with E-state index in [1.807, 2.05) is 4.90 Å². The monoisotopic (exact) mass is 495 g/mol. The number of carbonyl (C=O) groups is 1. The summed E-state index contributed by atoms with van der Waals surface area (Å²) in [5.41, 5.74) is 0. The van der Waals surface area contributed by atoms with Crippen LogP contribution in [0.25, 0.3) is 0 Å². The molecule has 0 aliphatic carbocycles. The van der Waals surface area contributed by atoms with E-state index in [2.05, 4.69) is 22.0 Å². The number of sulfonamides is 1. The molecule has 0 radical (unpaired) electrons. The molecule has 11 heteroatoms.